The molecule has 0 bridgehead atoms. The van der Waals surface area contributed by atoms with Crippen LogP contribution in [0.3, 0.4) is 0 Å². The third kappa shape index (κ3) is 5.78. The SMILES string of the molecule is CC(=O)c1cccc(N(CCC(=O)Nc2ccc(C(C)C)cc2)C(C)=O)c1. The van der Waals surface area contributed by atoms with Crippen LogP contribution in [0.5, 0.6) is 0 Å². The maximum atomic E-state index is 12.3. The molecule has 2 rings (SSSR count). The molecule has 0 radical (unpaired) electrons. The van der Waals surface area contributed by atoms with Gasteiger partial charge >= 0.3 is 0 Å². The van der Waals surface area contributed by atoms with E-state index in [0.717, 1.165) is 5.69 Å². The lowest BCUT2D eigenvalue weighted by molar-refractivity contribution is -0.117. The predicted molar refractivity (Wildman–Crippen MR) is 108 cm³/mol. The van der Waals surface area contributed by atoms with Crippen LogP contribution in [0.4, 0.5) is 11.4 Å². The fourth-order valence-corrected chi connectivity index (χ4v) is 2.75. The van der Waals surface area contributed by atoms with Crippen molar-refractivity contribution in [3.8, 4) is 0 Å². The second kappa shape index (κ2) is 9.12. The van der Waals surface area contributed by atoms with Crippen molar-refractivity contribution in [1.29, 1.82) is 0 Å². The highest BCUT2D eigenvalue weighted by atomic mass is 16.2. The standard InChI is InChI=1S/C22H26N2O3/c1-15(2)18-8-10-20(11-9-18)23-22(27)12-13-24(17(4)26)21-7-5-6-19(14-21)16(3)25/h5-11,14-15H,12-13H2,1-4H3,(H,23,27). The van der Waals surface area contributed by atoms with Crippen LogP contribution in [0.2, 0.25) is 0 Å². The van der Waals surface area contributed by atoms with E-state index in [-0.39, 0.29) is 30.6 Å². The number of rotatable bonds is 7. The molecule has 0 aliphatic carbocycles. The van der Waals surface area contributed by atoms with Crippen LogP contribution in [0.15, 0.2) is 48.5 Å². The number of amides is 2. The van der Waals surface area contributed by atoms with E-state index in [0.29, 0.717) is 17.2 Å². The van der Waals surface area contributed by atoms with Gasteiger partial charge in [0.2, 0.25) is 11.8 Å². The van der Waals surface area contributed by atoms with Crippen LogP contribution < -0.4 is 10.2 Å². The van der Waals surface area contributed by atoms with Gasteiger partial charge in [0.05, 0.1) is 0 Å². The molecule has 142 valence electrons. The maximum Gasteiger partial charge on any atom is 0.226 e. The number of benzene rings is 2. The average molecular weight is 366 g/mol. The number of nitrogens with zero attached hydrogens (tertiary/aromatic N) is 1. The third-order valence-electron chi connectivity index (χ3n) is 4.37. The molecule has 0 aromatic heterocycles. The van der Waals surface area contributed by atoms with Gasteiger partial charge in [-0.2, -0.15) is 0 Å². The van der Waals surface area contributed by atoms with Crippen LogP contribution in [-0.4, -0.2) is 24.1 Å². The summed E-state index contributed by atoms with van der Waals surface area (Å²) in [5.74, 6) is 0.0265. The van der Waals surface area contributed by atoms with Gasteiger partial charge in [-0.25, -0.2) is 0 Å². The van der Waals surface area contributed by atoms with E-state index in [1.807, 2.05) is 24.3 Å². The summed E-state index contributed by atoms with van der Waals surface area (Å²) in [6, 6.07) is 14.6. The number of hydrogen-bond donors (Lipinski definition) is 1. The zero-order chi connectivity index (χ0) is 20.0. The predicted octanol–water partition coefficient (Wildman–Crippen LogP) is 4.39. The molecule has 0 fully saturated rings. The number of carbonyl (C=O) groups excluding carboxylic acids is 3. The Morgan fingerprint density at radius 1 is 1.00 bits per heavy atom. The molecule has 2 amide bonds. The lowest BCUT2D eigenvalue weighted by atomic mass is 10.0. The van der Waals surface area contributed by atoms with E-state index >= 15 is 0 Å². The van der Waals surface area contributed by atoms with E-state index in [1.165, 1.54) is 24.3 Å². The monoisotopic (exact) mass is 366 g/mol. The normalized spacial score (nSPS) is 10.6. The highest BCUT2D eigenvalue weighted by molar-refractivity contribution is 5.98. The molecule has 0 atom stereocenters. The van der Waals surface area contributed by atoms with Crippen LogP contribution in [0.25, 0.3) is 0 Å². The molecule has 0 aliphatic heterocycles. The number of anilines is 2. The lowest BCUT2D eigenvalue weighted by Crippen LogP contribution is -2.32. The smallest absolute Gasteiger partial charge is 0.226 e. The molecule has 0 heterocycles. The fourth-order valence-electron chi connectivity index (χ4n) is 2.75. The highest BCUT2D eigenvalue weighted by Gasteiger charge is 2.15. The summed E-state index contributed by atoms with van der Waals surface area (Å²) in [4.78, 5) is 37.3. The lowest BCUT2D eigenvalue weighted by Gasteiger charge is -2.21. The first-order valence-electron chi connectivity index (χ1n) is 9.07. The molecule has 0 saturated carbocycles. The minimum atomic E-state index is -0.176. The molecule has 5 nitrogen and oxygen atoms in total. The zero-order valence-electron chi connectivity index (χ0n) is 16.3. The summed E-state index contributed by atoms with van der Waals surface area (Å²) in [6.07, 6.45) is 0.163. The van der Waals surface area contributed by atoms with E-state index < -0.39 is 0 Å². The Balaban J connectivity index is 2.01. The van der Waals surface area contributed by atoms with E-state index in [9.17, 15) is 14.4 Å². The molecule has 0 spiro atoms. The quantitative estimate of drug-likeness (QED) is 0.739. The first-order chi connectivity index (χ1) is 12.8. The van der Waals surface area contributed by atoms with Gasteiger partial charge in [-0.05, 0) is 42.7 Å². The van der Waals surface area contributed by atoms with Crippen molar-refractivity contribution in [2.45, 2.75) is 40.0 Å². The summed E-state index contributed by atoms with van der Waals surface area (Å²) >= 11 is 0. The van der Waals surface area contributed by atoms with Gasteiger partial charge in [0.25, 0.3) is 0 Å². The molecule has 0 saturated heterocycles. The number of nitrogens with one attached hydrogen (secondary N) is 1. The first kappa shape index (κ1) is 20.4. The summed E-state index contributed by atoms with van der Waals surface area (Å²) in [7, 11) is 0. The van der Waals surface area contributed by atoms with Crippen molar-refractivity contribution in [2.75, 3.05) is 16.8 Å². The molecule has 0 aliphatic rings. The molecular formula is C22H26N2O3. The van der Waals surface area contributed by atoms with Crippen molar-refractivity contribution >= 4 is 29.0 Å². The van der Waals surface area contributed by atoms with Crippen molar-refractivity contribution < 1.29 is 14.4 Å². The van der Waals surface area contributed by atoms with Gasteiger partial charge < -0.3 is 10.2 Å². The van der Waals surface area contributed by atoms with Crippen LogP contribution in [-0.2, 0) is 9.59 Å². The Kier molecular flexibility index (Phi) is 6.88. The van der Waals surface area contributed by atoms with E-state index in [2.05, 4.69) is 19.2 Å². The van der Waals surface area contributed by atoms with E-state index in [1.54, 1.807) is 24.3 Å². The van der Waals surface area contributed by atoms with E-state index in [4.69, 9.17) is 0 Å². The third-order valence-corrected chi connectivity index (χ3v) is 4.37. The number of Topliss-reactive ketones (excluding diaryl/α,β-unsaturated/α-hetero) is 1. The van der Waals surface area contributed by atoms with Crippen molar-refractivity contribution in [3.05, 3.63) is 59.7 Å². The van der Waals surface area contributed by atoms with Crippen LogP contribution in [0, 0.1) is 0 Å². The Labute approximate surface area is 160 Å². The zero-order valence-corrected chi connectivity index (χ0v) is 16.3. The number of hydrogen-bond acceptors (Lipinski definition) is 3. The Morgan fingerprint density at radius 2 is 1.67 bits per heavy atom. The second-order valence-corrected chi connectivity index (χ2v) is 6.85. The summed E-state index contributed by atoms with van der Waals surface area (Å²) in [5, 5.41) is 2.85. The van der Waals surface area contributed by atoms with Gasteiger partial charge in [-0.3, -0.25) is 14.4 Å². The second-order valence-electron chi connectivity index (χ2n) is 6.85. The minimum Gasteiger partial charge on any atom is -0.326 e. The van der Waals surface area contributed by atoms with Crippen molar-refractivity contribution in [2.24, 2.45) is 0 Å². The van der Waals surface area contributed by atoms with Gasteiger partial charge in [-0.1, -0.05) is 38.1 Å². The maximum absolute atomic E-state index is 12.3. The molecule has 1 N–H and O–H groups in total. The molecular weight excluding hydrogens is 340 g/mol. The van der Waals surface area contributed by atoms with Gasteiger partial charge in [-0.15, -0.1) is 0 Å². The molecule has 5 heteroatoms. The summed E-state index contributed by atoms with van der Waals surface area (Å²) in [6.45, 7) is 7.40. The van der Waals surface area contributed by atoms with Crippen molar-refractivity contribution in [1.82, 2.24) is 0 Å². The van der Waals surface area contributed by atoms with Gasteiger partial charge in [0.1, 0.15) is 0 Å². The van der Waals surface area contributed by atoms with Crippen molar-refractivity contribution in [3.63, 3.8) is 0 Å². The summed E-state index contributed by atoms with van der Waals surface area (Å²) in [5.41, 5.74) is 3.09. The molecule has 27 heavy (non-hydrogen) atoms. The van der Waals surface area contributed by atoms with Crippen LogP contribution >= 0.6 is 0 Å². The molecule has 2 aromatic rings. The average Bonchev–Trinajstić information content (AvgIpc) is 2.62. The highest BCUT2D eigenvalue weighted by Crippen LogP contribution is 2.19. The molecule has 0 unspecified atom stereocenters. The Bertz CT molecular complexity index is 826. The largest absolute Gasteiger partial charge is 0.326 e. The van der Waals surface area contributed by atoms with Gasteiger partial charge in [0, 0.05) is 36.8 Å². The van der Waals surface area contributed by atoms with Gasteiger partial charge in [0.15, 0.2) is 5.78 Å². The minimum absolute atomic E-state index is 0.0667. The number of carbonyl (C=O) groups is 3. The summed E-state index contributed by atoms with van der Waals surface area (Å²) < 4.78 is 0. The molecule has 2 aromatic carbocycles. The van der Waals surface area contributed by atoms with Crippen LogP contribution in [0.1, 0.15) is 56.0 Å². The Morgan fingerprint density at radius 3 is 2.22 bits per heavy atom. The Hall–Kier alpha value is -2.95. The fraction of sp³-hybridized carbons (Fsp3) is 0.318. The number of ketones is 1. The topological polar surface area (TPSA) is 66.5 Å². The first-order valence-corrected chi connectivity index (χ1v) is 9.07.